The number of aromatic nitrogens is 2. The Morgan fingerprint density at radius 2 is 1.71 bits per heavy atom. The lowest BCUT2D eigenvalue weighted by atomic mass is 10.3. The summed E-state index contributed by atoms with van der Waals surface area (Å²) in [5.41, 5.74) is 1.22. The van der Waals surface area contributed by atoms with Crippen LogP contribution in [-0.4, -0.2) is 16.2 Å². The van der Waals surface area contributed by atoms with Crippen molar-refractivity contribution in [3.05, 3.63) is 59.7 Å². The molecule has 0 aromatic carbocycles. The molecular weight excluding hydrogens is 224 g/mol. The van der Waals surface area contributed by atoms with Crippen molar-refractivity contribution in [2.24, 2.45) is 4.99 Å². The highest BCUT2D eigenvalue weighted by atomic mass is 19.1. The van der Waals surface area contributed by atoms with Gasteiger partial charge < -0.3 is 0 Å². The van der Waals surface area contributed by atoms with Gasteiger partial charge in [-0.05, 0) is 24.3 Å². The molecule has 2 rings (SSSR count). The lowest BCUT2D eigenvalue weighted by Crippen LogP contribution is -1.91. The topological polar surface area (TPSA) is 38.1 Å². The Kier molecular flexibility index (Phi) is 3.49. The van der Waals surface area contributed by atoms with Gasteiger partial charge in [0.05, 0.1) is 30.3 Å². The molecule has 0 saturated carbocycles. The normalized spacial score (nSPS) is 10.9. The van der Waals surface area contributed by atoms with Crippen molar-refractivity contribution in [1.82, 2.24) is 9.97 Å². The fraction of sp³-hybridized carbons (Fsp3) is 0.0833. The minimum atomic E-state index is -0.387. The van der Waals surface area contributed by atoms with Gasteiger partial charge in [-0.15, -0.1) is 0 Å². The van der Waals surface area contributed by atoms with Gasteiger partial charge in [-0.3, -0.25) is 15.0 Å². The Morgan fingerprint density at radius 3 is 2.29 bits per heavy atom. The van der Waals surface area contributed by atoms with Crippen LogP contribution in [0.25, 0.3) is 0 Å². The van der Waals surface area contributed by atoms with Crippen molar-refractivity contribution in [2.45, 2.75) is 6.54 Å². The predicted octanol–water partition coefficient (Wildman–Crippen LogP) is 2.37. The summed E-state index contributed by atoms with van der Waals surface area (Å²) in [4.78, 5) is 11.7. The maximum Gasteiger partial charge on any atom is 0.141 e. The van der Waals surface area contributed by atoms with E-state index in [2.05, 4.69) is 15.0 Å². The van der Waals surface area contributed by atoms with Crippen molar-refractivity contribution >= 4 is 6.21 Å². The fourth-order valence-corrected chi connectivity index (χ4v) is 1.20. The Labute approximate surface area is 96.9 Å². The molecule has 3 nitrogen and oxygen atoms in total. The van der Waals surface area contributed by atoms with E-state index < -0.39 is 0 Å². The van der Waals surface area contributed by atoms with Crippen molar-refractivity contribution < 1.29 is 8.78 Å². The van der Waals surface area contributed by atoms with Crippen LogP contribution in [0.3, 0.4) is 0 Å². The molecule has 2 aromatic rings. The molecule has 0 bridgehead atoms. The molecule has 0 radical (unpaired) electrons. The summed E-state index contributed by atoms with van der Waals surface area (Å²) in [5.74, 6) is -0.764. The molecule has 0 unspecified atom stereocenters. The van der Waals surface area contributed by atoms with Crippen molar-refractivity contribution in [1.29, 1.82) is 0 Å². The molecule has 0 amide bonds. The van der Waals surface area contributed by atoms with Crippen LogP contribution in [0.2, 0.25) is 0 Å². The molecule has 0 spiro atoms. The quantitative estimate of drug-likeness (QED) is 0.763. The molecular formula is C12H9F2N3. The number of hydrogen-bond acceptors (Lipinski definition) is 3. The second-order valence-corrected chi connectivity index (χ2v) is 3.34. The Morgan fingerprint density at radius 1 is 1.00 bits per heavy atom. The summed E-state index contributed by atoms with van der Waals surface area (Å²) >= 11 is 0. The number of nitrogens with zero attached hydrogens (tertiary/aromatic N) is 3. The lowest BCUT2D eigenvalue weighted by molar-refractivity contribution is 0.619. The van der Waals surface area contributed by atoms with Gasteiger partial charge in [-0.25, -0.2) is 8.78 Å². The van der Waals surface area contributed by atoms with Crippen LogP contribution in [0.1, 0.15) is 11.4 Å². The lowest BCUT2D eigenvalue weighted by Gasteiger charge is -1.95. The van der Waals surface area contributed by atoms with E-state index in [9.17, 15) is 8.78 Å². The average Bonchev–Trinajstić information content (AvgIpc) is 2.34. The third-order valence-electron chi connectivity index (χ3n) is 2.02. The van der Waals surface area contributed by atoms with Crippen LogP contribution >= 0.6 is 0 Å². The van der Waals surface area contributed by atoms with E-state index in [1.807, 2.05) is 0 Å². The highest BCUT2D eigenvalue weighted by molar-refractivity contribution is 5.76. The van der Waals surface area contributed by atoms with E-state index in [-0.39, 0.29) is 11.6 Å². The first-order valence-corrected chi connectivity index (χ1v) is 4.96. The molecule has 0 saturated heterocycles. The van der Waals surface area contributed by atoms with Crippen LogP contribution in [0, 0.1) is 11.6 Å². The van der Waals surface area contributed by atoms with E-state index in [0.717, 1.165) is 12.4 Å². The van der Waals surface area contributed by atoms with Gasteiger partial charge in [-0.2, -0.15) is 0 Å². The second kappa shape index (κ2) is 5.25. The Bertz CT molecular complexity index is 506. The summed E-state index contributed by atoms with van der Waals surface area (Å²) in [6.07, 6.45) is 3.78. The van der Waals surface area contributed by atoms with E-state index in [4.69, 9.17) is 0 Å². The molecule has 86 valence electrons. The van der Waals surface area contributed by atoms with Gasteiger partial charge in [0.2, 0.25) is 0 Å². The monoisotopic (exact) mass is 233 g/mol. The van der Waals surface area contributed by atoms with E-state index in [1.165, 1.54) is 24.4 Å². The third kappa shape index (κ3) is 3.41. The number of halogens is 2. The standard InChI is InChI=1S/C12H9F2N3/c13-9-1-3-11(16-5-9)7-15-8-12-4-2-10(14)6-17-12/h1-7H,8H2. The van der Waals surface area contributed by atoms with Gasteiger partial charge >= 0.3 is 0 Å². The average molecular weight is 233 g/mol. The summed E-state index contributed by atoms with van der Waals surface area (Å²) in [7, 11) is 0. The minimum Gasteiger partial charge on any atom is -0.285 e. The van der Waals surface area contributed by atoms with Crippen LogP contribution in [0.5, 0.6) is 0 Å². The van der Waals surface area contributed by atoms with Gasteiger partial charge in [0.1, 0.15) is 11.6 Å². The van der Waals surface area contributed by atoms with Crippen LogP contribution in [0.15, 0.2) is 41.7 Å². The first-order valence-electron chi connectivity index (χ1n) is 4.96. The van der Waals surface area contributed by atoms with Crippen molar-refractivity contribution in [2.75, 3.05) is 0 Å². The summed E-state index contributed by atoms with van der Waals surface area (Å²) in [5, 5.41) is 0. The maximum atomic E-state index is 12.6. The van der Waals surface area contributed by atoms with Crippen LogP contribution in [-0.2, 0) is 6.54 Å². The van der Waals surface area contributed by atoms with Gasteiger partial charge in [0.15, 0.2) is 0 Å². The number of hydrogen-bond donors (Lipinski definition) is 0. The summed E-state index contributed by atoms with van der Waals surface area (Å²) in [6.45, 7) is 0.333. The predicted molar refractivity (Wildman–Crippen MR) is 59.7 cm³/mol. The van der Waals surface area contributed by atoms with Gasteiger partial charge in [0, 0.05) is 6.21 Å². The number of aliphatic imine (C=N–C) groups is 1. The van der Waals surface area contributed by atoms with E-state index >= 15 is 0 Å². The molecule has 2 heterocycles. The molecule has 0 aliphatic rings. The van der Waals surface area contributed by atoms with Gasteiger partial charge in [-0.1, -0.05) is 0 Å². The Hall–Kier alpha value is -2.17. The Balaban J connectivity index is 1.97. The number of pyridine rings is 2. The zero-order valence-corrected chi connectivity index (χ0v) is 8.85. The molecule has 5 heteroatoms. The van der Waals surface area contributed by atoms with Gasteiger partial charge in [0.25, 0.3) is 0 Å². The van der Waals surface area contributed by atoms with Crippen molar-refractivity contribution in [3.63, 3.8) is 0 Å². The zero-order valence-electron chi connectivity index (χ0n) is 8.85. The smallest absolute Gasteiger partial charge is 0.141 e. The second-order valence-electron chi connectivity index (χ2n) is 3.34. The highest BCUT2D eigenvalue weighted by Crippen LogP contribution is 2.00. The maximum absolute atomic E-state index is 12.6. The fourth-order valence-electron chi connectivity index (χ4n) is 1.20. The van der Waals surface area contributed by atoms with Crippen LogP contribution < -0.4 is 0 Å². The molecule has 0 N–H and O–H groups in total. The largest absolute Gasteiger partial charge is 0.285 e. The zero-order chi connectivity index (χ0) is 12.1. The first-order chi connectivity index (χ1) is 8.24. The van der Waals surface area contributed by atoms with Crippen LogP contribution in [0.4, 0.5) is 8.78 Å². The SMILES string of the molecule is Fc1ccc(C=NCc2ccc(F)cn2)nc1. The first kappa shape index (κ1) is 11.3. The van der Waals surface area contributed by atoms with Crippen molar-refractivity contribution in [3.8, 4) is 0 Å². The molecule has 2 aromatic heterocycles. The minimum absolute atomic E-state index is 0.333. The molecule has 0 aliphatic carbocycles. The summed E-state index contributed by atoms with van der Waals surface area (Å²) in [6, 6.07) is 5.72. The molecule has 17 heavy (non-hydrogen) atoms. The third-order valence-corrected chi connectivity index (χ3v) is 2.02. The number of rotatable bonds is 3. The highest BCUT2D eigenvalue weighted by Gasteiger charge is 1.94. The molecule has 0 aliphatic heterocycles. The molecule has 0 atom stereocenters. The van der Waals surface area contributed by atoms with E-state index in [1.54, 1.807) is 6.07 Å². The summed E-state index contributed by atoms with van der Waals surface area (Å²) < 4.78 is 25.1. The van der Waals surface area contributed by atoms with E-state index in [0.29, 0.717) is 17.9 Å². The molecule has 0 fully saturated rings.